The van der Waals surface area contributed by atoms with Crippen LogP contribution in [0.3, 0.4) is 0 Å². The van der Waals surface area contributed by atoms with E-state index in [0.29, 0.717) is 27.8 Å². The van der Waals surface area contributed by atoms with Gasteiger partial charge in [-0.05, 0) is 64.7 Å². The molecular formula is C42H36O15. The third-order valence-electron chi connectivity index (χ3n) is 7.80. The van der Waals surface area contributed by atoms with Crippen molar-refractivity contribution in [2.24, 2.45) is 0 Å². The van der Waals surface area contributed by atoms with Gasteiger partial charge < -0.3 is 37.9 Å². The van der Waals surface area contributed by atoms with Crippen LogP contribution in [0.2, 0.25) is 0 Å². The topological polar surface area (TPSA) is 193 Å². The lowest BCUT2D eigenvalue weighted by molar-refractivity contribution is -0.134. The fourth-order valence-electron chi connectivity index (χ4n) is 6.06. The Morgan fingerprint density at radius 1 is 0.456 bits per heavy atom. The second kappa shape index (κ2) is 17.5. The number of carbonyl (C=O) groups is 7. The van der Waals surface area contributed by atoms with Gasteiger partial charge in [-0.15, -0.1) is 0 Å². The van der Waals surface area contributed by atoms with Gasteiger partial charge in [0.15, 0.2) is 23.0 Å². The number of ether oxygens (including phenoxy) is 8. The summed E-state index contributed by atoms with van der Waals surface area (Å²) in [5, 5.41) is 0. The molecule has 0 bridgehead atoms. The van der Waals surface area contributed by atoms with Crippen molar-refractivity contribution in [3.05, 3.63) is 94.5 Å². The molecule has 0 saturated carbocycles. The van der Waals surface area contributed by atoms with E-state index in [1.807, 2.05) is 0 Å². The van der Waals surface area contributed by atoms with Crippen LogP contribution in [-0.4, -0.2) is 41.8 Å². The lowest BCUT2D eigenvalue weighted by atomic mass is 9.82. The smallest absolute Gasteiger partial charge is 0.308 e. The fraction of sp³-hybridized carbons (Fsp3) is 0.214. The summed E-state index contributed by atoms with van der Waals surface area (Å²) >= 11 is 0. The first-order chi connectivity index (χ1) is 26.9. The summed E-state index contributed by atoms with van der Waals surface area (Å²) in [6.45, 7) is 8.42. The van der Waals surface area contributed by atoms with Crippen LogP contribution in [0.15, 0.2) is 66.7 Å². The highest BCUT2D eigenvalue weighted by Crippen LogP contribution is 2.54. The molecule has 1 aliphatic rings. The zero-order valence-electron chi connectivity index (χ0n) is 31.8. The van der Waals surface area contributed by atoms with Crippen LogP contribution >= 0.6 is 0 Å². The lowest BCUT2D eigenvalue weighted by Crippen LogP contribution is -2.14. The van der Waals surface area contributed by atoms with Gasteiger partial charge in [-0.3, -0.25) is 33.6 Å². The number of esters is 7. The van der Waals surface area contributed by atoms with Crippen molar-refractivity contribution in [3.63, 3.8) is 0 Å². The van der Waals surface area contributed by atoms with E-state index in [-0.39, 0.29) is 46.0 Å². The van der Waals surface area contributed by atoms with Crippen LogP contribution in [0.5, 0.6) is 46.0 Å². The van der Waals surface area contributed by atoms with Gasteiger partial charge in [0.25, 0.3) is 0 Å². The molecule has 1 aliphatic heterocycles. The van der Waals surface area contributed by atoms with Gasteiger partial charge in [0.2, 0.25) is 0 Å². The maximum Gasteiger partial charge on any atom is 0.308 e. The second-order valence-corrected chi connectivity index (χ2v) is 12.6. The van der Waals surface area contributed by atoms with E-state index in [1.54, 1.807) is 42.5 Å². The number of carbonyl (C=O) groups excluding carboxylic acids is 7. The molecule has 0 fully saturated rings. The SMILES string of the molecule is CC(=O)Oc1cc(OC(C)=O)cc([C@@H]2c3c(/C=C/c4ccc(OC(C)=O)c(OC(C)=O)c4)cc(OC(C)=O)cc3O[C@H]2c2ccc(OC(C)=O)c(OC(C)=O)c2)c1. The zero-order valence-corrected chi connectivity index (χ0v) is 31.8. The largest absolute Gasteiger partial charge is 0.484 e. The maximum atomic E-state index is 12.2. The van der Waals surface area contributed by atoms with Crippen LogP contribution in [0.4, 0.5) is 0 Å². The molecule has 0 aromatic heterocycles. The Bertz CT molecular complexity index is 2300. The summed E-state index contributed by atoms with van der Waals surface area (Å²) < 4.78 is 44.2. The third-order valence-corrected chi connectivity index (χ3v) is 7.80. The standard InChI is InChI=1S/C42H36O15/c1-21(43)50-32-16-31(17-33(19-32)51-22(2)44)41-40-29(10-8-28-9-12-35(53-24(4)46)37(14-28)55-26(6)48)15-34(52-23(3)45)20-39(40)57-42(41)30-11-13-36(54-25(5)47)38(18-30)56-27(7)49/h8-20,41-42H,1-7H3/b10-8+/t41-,42+/m1/s1. The Kier molecular flexibility index (Phi) is 12.5. The first-order valence-corrected chi connectivity index (χ1v) is 17.2. The van der Waals surface area contributed by atoms with Crippen LogP contribution in [-0.2, 0) is 33.6 Å². The molecular weight excluding hydrogens is 744 g/mol. The minimum atomic E-state index is -0.961. The van der Waals surface area contributed by atoms with Crippen molar-refractivity contribution < 1.29 is 71.5 Å². The Balaban J connectivity index is 1.76. The molecule has 5 rings (SSSR count). The molecule has 1 heterocycles. The Hall–Kier alpha value is -7.29. The quantitative estimate of drug-likeness (QED) is 0.0897. The highest BCUT2D eigenvalue weighted by atomic mass is 16.6. The summed E-state index contributed by atoms with van der Waals surface area (Å²) in [7, 11) is 0. The Labute approximate surface area is 326 Å². The van der Waals surface area contributed by atoms with Crippen molar-refractivity contribution in [1.29, 1.82) is 0 Å². The molecule has 0 N–H and O–H groups in total. The van der Waals surface area contributed by atoms with Crippen LogP contribution in [0, 0.1) is 0 Å². The van der Waals surface area contributed by atoms with Gasteiger partial charge in [-0.25, -0.2) is 0 Å². The first-order valence-electron chi connectivity index (χ1n) is 17.2. The van der Waals surface area contributed by atoms with E-state index < -0.39 is 53.8 Å². The van der Waals surface area contributed by atoms with Gasteiger partial charge >= 0.3 is 41.8 Å². The van der Waals surface area contributed by atoms with E-state index in [0.717, 1.165) is 0 Å². The number of benzene rings is 4. The first kappa shape index (κ1) is 40.9. The molecule has 294 valence electrons. The predicted octanol–water partition coefficient (Wildman–Crippen LogP) is 6.60. The molecule has 0 unspecified atom stereocenters. The van der Waals surface area contributed by atoms with Crippen molar-refractivity contribution >= 4 is 53.9 Å². The lowest BCUT2D eigenvalue weighted by Gasteiger charge is -2.23. The maximum absolute atomic E-state index is 12.2. The molecule has 0 spiro atoms. The summed E-state index contributed by atoms with van der Waals surface area (Å²) in [5.41, 5.74) is 2.34. The molecule has 4 aromatic rings. The summed E-state index contributed by atoms with van der Waals surface area (Å²) in [6, 6.07) is 16.7. The van der Waals surface area contributed by atoms with Crippen LogP contribution in [0.1, 0.15) is 88.3 Å². The molecule has 0 saturated heterocycles. The predicted molar refractivity (Wildman–Crippen MR) is 199 cm³/mol. The van der Waals surface area contributed by atoms with Gasteiger partial charge in [0, 0.05) is 66.2 Å². The highest BCUT2D eigenvalue weighted by Gasteiger charge is 2.40. The molecule has 0 amide bonds. The van der Waals surface area contributed by atoms with Crippen molar-refractivity contribution in [2.45, 2.75) is 60.5 Å². The van der Waals surface area contributed by atoms with Gasteiger partial charge in [0.05, 0.1) is 5.92 Å². The number of fused-ring (bicyclic) bond motifs is 1. The van der Waals surface area contributed by atoms with E-state index in [2.05, 4.69) is 0 Å². The average molecular weight is 781 g/mol. The van der Waals surface area contributed by atoms with Crippen molar-refractivity contribution in [1.82, 2.24) is 0 Å². The highest BCUT2D eigenvalue weighted by molar-refractivity contribution is 5.80. The van der Waals surface area contributed by atoms with Crippen LogP contribution in [0.25, 0.3) is 12.2 Å². The van der Waals surface area contributed by atoms with E-state index >= 15 is 0 Å². The molecule has 57 heavy (non-hydrogen) atoms. The molecule has 15 heteroatoms. The molecule has 4 aromatic carbocycles. The van der Waals surface area contributed by atoms with E-state index in [4.69, 9.17) is 37.9 Å². The van der Waals surface area contributed by atoms with E-state index in [1.165, 1.54) is 84.9 Å². The van der Waals surface area contributed by atoms with Crippen LogP contribution < -0.4 is 37.9 Å². The second-order valence-electron chi connectivity index (χ2n) is 12.6. The summed E-state index contributed by atoms with van der Waals surface area (Å²) in [4.78, 5) is 84.0. The zero-order chi connectivity index (χ0) is 41.6. The normalized spacial score (nSPS) is 14.1. The molecule has 2 atom stereocenters. The van der Waals surface area contributed by atoms with Gasteiger partial charge in [-0.2, -0.15) is 0 Å². The Morgan fingerprint density at radius 2 is 0.912 bits per heavy atom. The van der Waals surface area contributed by atoms with Gasteiger partial charge in [-0.1, -0.05) is 24.3 Å². The van der Waals surface area contributed by atoms with Gasteiger partial charge in [0.1, 0.15) is 29.1 Å². The number of hydrogen-bond donors (Lipinski definition) is 0. The van der Waals surface area contributed by atoms with Crippen molar-refractivity contribution in [2.75, 3.05) is 0 Å². The molecule has 15 nitrogen and oxygen atoms in total. The Morgan fingerprint density at radius 3 is 1.42 bits per heavy atom. The third kappa shape index (κ3) is 10.7. The number of hydrogen-bond acceptors (Lipinski definition) is 15. The fourth-order valence-corrected chi connectivity index (χ4v) is 6.06. The molecule has 0 radical (unpaired) electrons. The van der Waals surface area contributed by atoms with Crippen molar-refractivity contribution in [3.8, 4) is 46.0 Å². The number of rotatable bonds is 11. The van der Waals surface area contributed by atoms with E-state index in [9.17, 15) is 33.6 Å². The summed E-state index contributed by atoms with van der Waals surface area (Å²) in [6.07, 6.45) is 2.38. The average Bonchev–Trinajstić information content (AvgIpc) is 3.47. The minimum Gasteiger partial charge on any atom is -0.484 e. The minimum absolute atomic E-state index is 0.0129. The summed E-state index contributed by atoms with van der Waals surface area (Å²) in [5.74, 6) is -4.98. The monoisotopic (exact) mass is 780 g/mol. The molecule has 0 aliphatic carbocycles.